The van der Waals surface area contributed by atoms with Crippen molar-refractivity contribution in [2.75, 3.05) is 17.7 Å². The van der Waals surface area contributed by atoms with Gasteiger partial charge in [0.15, 0.2) is 0 Å². The minimum atomic E-state index is -0.268. The Labute approximate surface area is 111 Å². The lowest BCUT2D eigenvalue weighted by atomic mass is 10.1. The quantitative estimate of drug-likeness (QED) is 0.856. The molecule has 18 heavy (non-hydrogen) atoms. The van der Waals surface area contributed by atoms with Gasteiger partial charge in [0, 0.05) is 30.1 Å². The van der Waals surface area contributed by atoms with E-state index in [2.05, 4.69) is 18.4 Å². The SMILES string of the molecule is CC(Cc1cccs1)N(C)c1ccc(N)cc1F. The first-order valence-corrected chi connectivity index (χ1v) is 6.76. The summed E-state index contributed by atoms with van der Waals surface area (Å²) in [4.78, 5) is 3.26. The Bertz CT molecular complexity index is 511. The van der Waals surface area contributed by atoms with Gasteiger partial charge < -0.3 is 10.6 Å². The summed E-state index contributed by atoms with van der Waals surface area (Å²) in [6.45, 7) is 2.09. The molecule has 1 aromatic heterocycles. The lowest BCUT2D eigenvalue weighted by Gasteiger charge is -2.27. The first kappa shape index (κ1) is 12.9. The fourth-order valence-electron chi connectivity index (χ4n) is 1.90. The third-order valence-electron chi connectivity index (χ3n) is 3.09. The van der Waals surface area contributed by atoms with Crippen LogP contribution in [0.15, 0.2) is 35.7 Å². The molecule has 2 N–H and O–H groups in total. The highest BCUT2D eigenvalue weighted by Crippen LogP contribution is 2.24. The summed E-state index contributed by atoms with van der Waals surface area (Å²) in [5.74, 6) is -0.268. The van der Waals surface area contributed by atoms with Gasteiger partial charge in [0.25, 0.3) is 0 Å². The largest absolute Gasteiger partial charge is 0.399 e. The van der Waals surface area contributed by atoms with Crippen molar-refractivity contribution in [2.24, 2.45) is 0 Å². The third kappa shape index (κ3) is 2.82. The van der Waals surface area contributed by atoms with E-state index in [1.807, 2.05) is 18.0 Å². The molecule has 0 saturated carbocycles. The van der Waals surface area contributed by atoms with Crippen molar-refractivity contribution in [3.8, 4) is 0 Å². The molecule has 0 radical (unpaired) electrons. The van der Waals surface area contributed by atoms with Crippen LogP contribution in [0.5, 0.6) is 0 Å². The van der Waals surface area contributed by atoms with Crippen molar-refractivity contribution in [3.05, 3.63) is 46.4 Å². The number of thiophene rings is 1. The Balaban J connectivity index is 2.12. The summed E-state index contributed by atoms with van der Waals surface area (Å²) in [6.07, 6.45) is 0.915. The molecule has 0 amide bonds. The number of halogens is 1. The first-order chi connectivity index (χ1) is 8.58. The number of hydrogen-bond acceptors (Lipinski definition) is 3. The van der Waals surface area contributed by atoms with Crippen LogP contribution in [-0.4, -0.2) is 13.1 Å². The minimum absolute atomic E-state index is 0.238. The van der Waals surface area contributed by atoms with E-state index in [1.54, 1.807) is 23.5 Å². The molecule has 0 fully saturated rings. The summed E-state index contributed by atoms with van der Waals surface area (Å²) < 4.78 is 13.8. The number of hydrogen-bond donors (Lipinski definition) is 1. The van der Waals surface area contributed by atoms with Crippen molar-refractivity contribution >= 4 is 22.7 Å². The van der Waals surface area contributed by atoms with Gasteiger partial charge in [-0.15, -0.1) is 11.3 Å². The van der Waals surface area contributed by atoms with E-state index in [9.17, 15) is 4.39 Å². The van der Waals surface area contributed by atoms with Crippen molar-refractivity contribution in [1.82, 2.24) is 0 Å². The molecule has 2 nitrogen and oxygen atoms in total. The zero-order chi connectivity index (χ0) is 13.1. The lowest BCUT2D eigenvalue weighted by molar-refractivity contribution is 0.605. The fraction of sp³-hybridized carbons (Fsp3) is 0.286. The molecule has 0 bridgehead atoms. The number of anilines is 2. The monoisotopic (exact) mass is 264 g/mol. The molecule has 1 heterocycles. The van der Waals surface area contributed by atoms with Crippen LogP contribution in [0.25, 0.3) is 0 Å². The standard InChI is InChI=1S/C14H17FN2S/c1-10(8-12-4-3-7-18-12)17(2)14-6-5-11(16)9-13(14)15/h3-7,9-10H,8,16H2,1-2H3. The van der Waals surface area contributed by atoms with Gasteiger partial charge in [-0.25, -0.2) is 4.39 Å². The van der Waals surface area contributed by atoms with Gasteiger partial charge in [-0.1, -0.05) is 6.07 Å². The molecular weight excluding hydrogens is 247 g/mol. The summed E-state index contributed by atoms with van der Waals surface area (Å²) >= 11 is 1.73. The fourth-order valence-corrected chi connectivity index (χ4v) is 2.73. The van der Waals surface area contributed by atoms with E-state index in [1.165, 1.54) is 10.9 Å². The van der Waals surface area contributed by atoms with Gasteiger partial charge in [0.1, 0.15) is 5.82 Å². The van der Waals surface area contributed by atoms with Crippen LogP contribution < -0.4 is 10.6 Å². The molecule has 1 unspecified atom stereocenters. The Morgan fingerprint density at radius 3 is 2.78 bits per heavy atom. The maximum absolute atomic E-state index is 13.8. The second-order valence-electron chi connectivity index (χ2n) is 4.45. The molecule has 0 aliphatic rings. The van der Waals surface area contributed by atoms with Gasteiger partial charge in [-0.2, -0.15) is 0 Å². The number of nitrogens with zero attached hydrogens (tertiary/aromatic N) is 1. The van der Waals surface area contributed by atoms with Crippen LogP contribution in [0, 0.1) is 5.82 Å². The first-order valence-electron chi connectivity index (χ1n) is 5.88. The molecule has 0 saturated heterocycles. The number of nitrogens with two attached hydrogens (primary N) is 1. The van der Waals surface area contributed by atoms with Crippen LogP contribution in [0.1, 0.15) is 11.8 Å². The van der Waals surface area contributed by atoms with Crippen LogP contribution in [0.4, 0.5) is 15.8 Å². The summed E-state index contributed by atoms with van der Waals surface area (Å²) in [7, 11) is 1.91. The third-order valence-corrected chi connectivity index (χ3v) is 3.99. The van der Waals surface area contributed by atoms with E-state index in [0.29, 0.717) is 11.4 Å². The van der Waals surface area contributed by atoms with Crippen LogP contribution in [-0.2, 0) is 6.42 Å². The number of nitrogen functional groups attached to an aromatic ring is 1. The van der Waals surface area contributed by atoms with Gasteiger partial charge in [-0.3, -0.25) is 0 Å². The summed E-state index contributed by atoms with van der Waals surface area (Å²) in [5, 5.41) is 2.06. The number of likely N-dealkylation sites (N-methyl/N-ethyl adjacent to an activating group) is 1. The number of benzene rings is 1. The Morgan fingerprint density at radius 2 is 2.17 bits per heavy atom. The van der Waals surface area contributed by atoms with Crippen LogP contribution in [0.3, 0.4) is 0 Å². The lowest BCUT2D eigenvalue weighted by Crippen LogP contribution is -2.31. The molecule has 4 heteroatoms. The molecule has 2 aromatic rings. The van der Waals surface area contributed by atoms with E-state index >= 15 is 0 Å². The van der Waals surface area contributed by atoms with Crippen molar-refractivity contribution in [3.63, 3.8) is 0 Å². The predicted molar refractivity (Wildman–Crippen MR) is 76.7 cm³/mol. The second-order valence-corrected chi connectivity index (χ2v) is 5.49. The molecular formula is C14H17FN2S. The Morgan fingerprint density at radius 1 is 1.39 bits per heavy atom. The molecule has 0 aliphatic heterocycles. The van der Waals surface area contributed by atoms with Crippen molar-refractivity contribution < 1.29 is 4.39 Å². The van der Waals surface area contributed by atoms with Gasteiger partial charge in [0.2, 0.25) is 0 Å². The highest BCUT2D eigenvalue weighted by atomic mass is 32.1. The normalized spacial score (nSPS) is 12.4. The van der Waals surface area contributed by atoms with Gasteiger partial charge in [0.05, 0.1) is 5.69 Å². The topological polar surface area (TPSA) is 29.3 Å². The second kappa shape index (κ2) is 5.40. The summed E-state index contributed by atoms with van der Waals surface area (Å²) in [6, 6.07) is 9.21. The van der Waals surface area contributed by atoms with E-state index in [0.717, 1.165) is 6.42 Å². The minimum Gasteiger partial charge on any atom is -0.399 e. The van der Waals surface area contributed by atoms with Crippen molar-refractivity contribution in [2.45, 2.75) is 19.4 Å². The Hall–Kier alpha value is -1.55. The van der Waals surface area contributed by atoms with E-state index in [-0.39, 0.29) is 11.9 Å². The average molecular weight is 264 g/mol. The zero-order valence-electron chi connectivity index (χ0n) is 10.6. The van der Waals surface area contributed by atoms with Gasteiger partial charge >= 0.3 is 0 Å². The maximum Gasteiger partial charge on any atom is 0.148 e. The van der Waals surface area contributed by atoms with Gasteiger partial charge in [-0.05, 0) is 36.6 Å². The molecule has 0 spiro atoms. The molecule has 1 aromatic carbocycles. The molecule has 1 atom stereocenters. The van der Waals surface area contributed by atoms with E-state index in [4.69, 9.17) is 5.73 Å². The average Bonchev–Trinajstić information content (AvgIpc) is 2.81. The number of rotatable bonds is 4. The van der Waals surface area contributed by atoms with E-state index < -0.39 is 0 Å². The van der Waals surface area contributed by atoms with Crippen LogP contribution >= 0.6 is 11.3 Å². The van der Waals surface area contributed by atoms with Crippen LogP contribution in [0.2, 0.25) is 0 Å². The highest BCUT2D eigenvalue weighted by molar-refractivity contribution is 7.09. The smallest absolute Gasteiger partial charge is 0.148 e. The predicted octanol–water partition coefficient (Wildman–Crippen LogP) is 3.54. The zero-order valence-corrected chi connectivity index (χ0v) is 11.4. The molecule has 2 rings (SSSR count). The Kier molecular flexibility index (Phi) is 3.87. The maximum atomic E-state index is 13.8. The molecule has 0 aliphatic carbocycles. The van der Waals surface area contributed by atoms with Crippen molar-refractivity contribution in [1.29, 1.82) is 0 Å². The highest BCUT2D eigenvalue weighted by Gasteiger charge is 2.14. The summed E-state index contributed by atoms with van der Waals surface area (Å²) in [5.41, 5.74) is 6.60. The molecule has 96 valence electrons.